The Morgan fingerprint density at radius 2 is 2.00 bits per heavy atom. The second-order valence-electron chi connectivity index (χ2n) is 7.53. The molecule has 3 heteroatoms. The molecule has 0 saturated heterocycles. The average Bonchev–Trinajstić information content (AvgIpc) is 2.96. The molecule has 0 spiro atoms. The molecule has 2 nitrogen and oxygen atoms in total. The summed E-state index contributed by atoms with van der Waals surface area (Å²) in [5.41, 5.74) is 3.67. The first-order valence-electron chi connectivity index (χ1n) is 8.36. The average molecular weight is 327 g/mol. The molecule has 23 heavy (non-hydrogen) atoms. The number of hydrogen-bond donors (Lipinski definition) is 1. The molecule has 1 atom stereocenters. The van der Waals surface area contributed by atoms with Crippen molar-refractivity contribution in [3.8, 4) is 0 Å². The molecule has 3 rings (SSSR count). The molecule has 1 N–H and O–H groups in total. The van der Waals surface area contributed by atoms with E-state index in [1.165, 1.54) is 16.9 Å². The molecule has 0 bridgehead atoms. The summed E-state index contributed by atoms with van der Waals surface area (Å²) >= 11 is 1.76. The number of thiophene rings is 1. The number of rotatable bonds is 3. The Kier molecular flexibility index (Phi) is 4.58. The SMILES string of the molecule is CC(C)(C)C1CCc2c(C(=O)NCc3ccccc3)csc2C1. The van der Waals surface area contributed by atoms with Gasteiger partial charge in [0.2, 0.25) is 0 Å². The van der Waals surface area contributed by atoms with Gasteiger partial charge in [0, 0.05) is 16.8 Å². The second-order valence-corrected chi connectivity index (χ2v) is 8.49. The number of hydrogen-bond acceptors (Lipinski definition) is 2. The first kappa shape index (κ1) is 16.3. The van der Waals surface area contributed by atoms with Gasteiger partial charge < -0.3 is 5.32 Å². The minimum atomic E-state index is 0.0700. The zero-order valence-corrected chi connectivity index (χ0v) is 15.0. The van der Waals surface area contributed by atoms with Crippen molar-refractivity contribution in [2.45, 2.75) is 46.6 Å². The highest BCUT2D eigenvalue weighted by atomic mass is 32.1. The normalized spacial score (nSPS) is 17.6. The van der Waals surface area contributed by atoms with Gasteiger partial charge in [0.1, 0.15) is 0 Å². The lowest BCUT2D eigenvalue weighted by Gasteiger charge is -2.34. The topological polar surface area (TPSA) is 29.1 Å². The van der Waals surface area contributed by atoms with Gasteiger partial charge >= 0.3 is 0 Å². The van der Waals surface area contributed by atoms with E-state index in [9.17, 15) is 4.79 Å². The van der Waals surface area contributed by atoms with E-state index in [-0.39, 0.29) is 5.91 Å². The van der Waals surface area contributed by atoms with Crippen LogP contribution in [0.15, 0.2) is 35.7 Å². The first-order valence-corrected chi connectivity index (χ1v) is 9.24. The van der Waals surface area contributed by atoms with Crippen LogP contribution in [0, 0.1) is 11.3 Å². The summed E-state index contributed by atoms with van der Waals surface area (Å²) in [4.78, 5) is 13.9. The van der Waals surface area contributed by atoms with Gasteiger partial charge in [-0.3, -0.25) is 4.79 Å². The van der Waals surface area contributed by atoms with E-state index in [0.29, 0.717) is 17.9 Å². The predicted molar refractivity (Wildman–Crippen MR) is 96.9 cm³/mol. The molecule has 1 heterocycles. The van der Waals surface area contributed by atoms with Crippen LogP contribution in [0.4, 0.5) is 0 Å². The highest BCUT2D eigenvalue weighted by molar-refractivity contribution is 7.10. The van der Waals surface area contributed by atoms with Gasteiger partial charge in [-0.15, -0.1) is 11.3 Å². The summed E-state index contributed by atoms with van der Waals surface area (Å²) in [6.07, 6.45) is 3.34. The lowest BCUT2D eigenvalue weighted by molar-refractivity contribution is 0.0950. The molecule has 2 aromatic rings. The smallest absolute Gasteiger partial charge is 0.252 e. The number of fused-ring (bicyclic) bond motifs is 1. The Morgan fingerprint density at radius 3 is 2.70 bits per heavy atom. The van der Waals surface area contributed by atoms with Crippen molar-refractivity contribution in [3.05, 3.63) is 57.3 Å². The number of benzene rings is 1. The van der Waals surface area contributed by atoms with Crippen LogP contribution in [0.3, 0.4) is 0 Å². The van der Waals surface area contributed by atoms with Crippen LogP contribution < -0.4 is 5.32 Å². The van der Waals surface area contributed by atoms with Gasteiger partial charge in [0.15, 0.2) is 0 Å². The van der Waals surface area contributed by atoms with Gasteiger partial charge in [-0.2, -0.15) is 0 Å². The van der Waals surface area contributed by atoms with Gasteiger partial charge in [-0.1, -0.05) is 51.1 Å². The number of carbonyl (C=O) groups excluding carboxylic acids is 1. The monoisotopic (exact) mass is 327 g/mol. The van der Waals surface area contributed by atoms with Crippen LogP contribution in [0.5, 0.6) is 0 Å². The summed E-state index contributed by atoms with van der Waals surface area (Å²) in [5.74, 6) is 0.787. The van der Waals surface area contributed by atoms with Crippen molar-refractivity contribution in [2.75, 3.05) is 0 Å². The number of carbonyl (C=O) groups is 1. The Bertz CT molecular complexity index is 681. The van der Waals surface area contributed by atoms with Crippen molar-refractivity contribution in [2.24, 2.45) is 11.3 Å². The highest BCUT2D eigenvalue weighted by Gasteiger charge is 2.31. The second kappa shape index (κ2) is 6.48. The molecule has 0 saturated carbocycles. The molecular formula is C20H25NOS. The molecule has 0 radical (unpaired) electrons. The van der Waals surface area contributed by atoms with Gasteiger partial charge in [0.05, 0.1) is 5.56 Å². The fourth-order valence-electron chi connectivity index (χ4n) is 3.32. The number of nitrogens with one attached hydrogen (secondary N) is 1. The summed E-state index contributed by atoms with van der Waals surface area (Å²) in [6.45, 7) is 7.56. The maximum atomic E-state index is 12.5. The molecule has 1 aromatic carbocycles. The zero-order chi connectivity index (χ0) is 16.4. The molecule has 1 aliphatic carbocycles. The molecule has 1 amide bonds. The largest absolute Gasteiger partial charge is 0.348 e. The summed E-state index contributed by atoms with van der Waals surface area (Å²) in [7, 11) is 0. The van der Waals surface area contributed by atoms with Crippen molar-refractivity contribution in [1.82, 2.24) is 5.32 Å². The minimum absolute atomic E-state index is 0.0700. The van der Waals surface area contributed by atoms with Crippen LogP contribution in [0.2, 0.25) is 0 Å². The van der Waals surface area contributed by atoms with Crippen molar-refractivity contribution in [1.29, 1.82) is 0 Å². The molecule has 1 aromatic heterocycles. The summed E-state index contributed by atoms with van der Waals surface area (Å²) < 4.78 is 0. The molecule has 1 aliphatic rings. The van der Waals surface area contributed by atoms with Gasteiger partial charge in [-0.25, -0.2) is 0 Å². The van der Waals surface area contributed by atoms with E-state index in [4.69, 9.17) is 0 Å². The lowest BCUT2D eigenvalue weighted by Crippen LogP contribution is -2.28. The number of amides is 1. The van der Waals surface area contributed by atoms with Crippen LogP contribution >= 0.6 is 11.3 Å². The van der Waals surface area contributed by atoms with Gasteiger partial charge in [-0.05, 0) is 41.7 Å². The molecular weight excluding hydrogens is 302 g/mol. The van der Waals surface area contributed by atoms with E-state index in [2.05, 4.69) is 31.5 Å². The maximum Gasteiger partial charge on any atom is 0.252 e. The third-order valence-electron chi connectivity index (χ3n) is 4.92. The maximum absolute atomic E-state index is 12.5. The molecule has 0 fully saturated rings. The van der Waals surface area contributed by atoms with Crippen molar-refractivity contribution >= 4 is 17.2 Å². The third-order valence-corrected chi connectivity index (χ3v) is 5.97. The van der Waals surface area contributed by atoms with E-state index in [1.807, 2.05) is 30.3 Å². The van der Waals surface area contributed by atoms with Gasteiger partial charge in [0.25, 0.3) is 5.91 Å². The third kappa shape index (κ3) is 3.66. The van der Waals surface area contributed by atoms with Crippen molar-refractivity contribution in [3.63, 3.8) is 0 Å². The molecule has 0 aliphatic heterocycles. The van der Waals surface area contributed by atoms with Crippen molar-refractivity contribution < 1.29 is 4.79 Å². The van der Waals surface area contributed by atoms with Crippen LogP contribution in [0.25, 0.3) is 0 Å². The standard InChI is InChI=1S/C20H25NOS/c1-20(2,3)15-9-10-16-17(13-23-18(16)11-15)19(22)21-12-14-7-5-4-6-8-14/h4-8,13,15H,9-12H2,1-3H3,(H,21,22). The van der Waals surface area contributed by atoms with Crippen LogP contribution in [-0.4, -0.2) is 5.91 Å². The predicted octanol–water partition coefficient (Wildman–Crippen LogP) is 4.83. The Morgan fingerprint density at radius 1 is 1.26 bits per heavy atom. The van der Waals surface area contributed by atoms with Crippen LogP contribution in [-0.2, 0) is 19.4 Å². The Balaban J connectivity index is 1.68. The van der Waals surface area contributed by atoms with E-state index >= 15 is 0 Å². The van der Waals surface area contributed by atoms with E-state index in [1.54, 1.807) is 11.3 Å². The Labute approximate surface area is 142 Å². The van der Waals surface area contributed by atoms with E-state index in [0.717, 1.165) is 24.0 Å². The summed E-state index contributed by atoms with van der Waals surface area (Å²) in [5, 5.41) is 5.11. The zero-order valence-electron chi connectivity index (χ0n) is 14.2. The molecule has 1 unspecified atom stereocenters. The fraction of sp³-hybridized carbons (Fsp3) is 0.450. The minimum Gasteiger partial charge on any atom is -0.348 e. The lowest BCUT2D eigenvalue weighted by atomic mass is 9.72. The Hall–Kier alpha value is -1.61. The summed E-state index contributed by atoms with van der Waals surface area (Å²) in [6, 6.07) is 10.1. The fourth-order valence-corrected chi connectivity index (χ4v) is 4.48. The van der Waals surface area contributed by atoms with E-state index < -0.39 is 0 Å². The first-order chi connectivity index (χ1) is 10.9. The quantitative estimate of drug-likeness (QED) is 0.859. The van der Waals surface area contributed by atoms with Crippen LogP contribution in [0.1, 0.15) is 53.6 Å². The molecule has 122 valence electrons. The highest BCUT2D eigenvalue weighted by Crippen LogP contribution is 2.40.